The molecule has 2 unspecified atom stereocenters. The molecule has 0 bridgehead atoms. The molecule has 2 fully saturated rings. The fraction of sp³-hybridized carbons (Fsp3) is 0.588. The fourth-order valence-electron chi connectivity index (χ4n) is 4.06. The van der Waals surface area contributed by atoms with E-state index in [2.05, 4.69) is 12.3 Å². The average Bonchev–Trinajstić information content (AvgIpc) is 2.89. The lowest BCUT2D eigenvalue weighted by Gasteiger charge is -2.48. The van der Waals surface area contributed by atoms with Crippen molar-refractivity contribution in [2.75, 3.05) is 0 Å². The van der Waals surface area contributed by atoms with E-state index in [0.717, 1.165) is 31.2 Å². The highest BCUT2D eigenvalue weighted by Crippen LogP contribution is 2.51. The maximum atomic E-state index is 11.9. The summed E-state index contributed by atoms with van der Waals surface area (Å²) >= 11 is 0. The van der Waals surface area contributed by atoms with Gasteiger partial charge in [-0.3, -0.25) is 0 Å². The number of hydrogen-bond donors (Lipinski definition) is 3. The minimum atomic E-state index is -1.24. The van der Waals surface area contributed by atoms with Crippen molar-refractivity contribution in [3.63, 3.8) is 0 Å². The standard InChI is InChI=1S/C17H25N3O2/c1-16(10-6-3-7-11-16)17(22)12-14(19-20(17)15(18)21)13-8-4-2-5-9-13/h2,4-5,8-9,14,19,22H,3,6-7,10-12H2,1H3,(H2,18,21). The molecule has 1 aliphatic carbocycles. The zero-order valence-electron chi connectivity index (χ0n) is 13.1. The molecule has 120 valence electrons. The summed E-state index contributed by atoms with van der Waals surface area (Å²) in [4.78, 5) is 11.9. The number of nitrogens with two attached hydrogens (primary N) is 1. The van der Waals surface area contributed by atoms with E-state index >= 15 is 0 Å². The molecule has 1 heterocycles. The molecule has 1 saturated carbocycles. The topological polar surface area (TPSA) is 78.6 Å². The van der Waals surface area contributed by atoms with E-state index in [1.165, 1.54) is 11.4 Å². The van der Waals surface area contributed by atoms with E-state index in [-0.39, 0.29) is 11.5 Å². The normalized spacial score (nSPS) is 31.2. The Balaban J connectivity index is 1.93. The highest BCUT2D eigenvalue weighted by atomic mass is 16.3. The van der Waals surface area contributed by atoms with Crippen molar-refractivity contribution in [1.82, 2.24) is 10.4 Å². The number of carbonyl (C=O) groups excluding carboxylic acids is 1. The van der Waals surface area contributed by atoms with Crippen molar-refractivity contribution in [3.05, 3.63) is 35.9 Å². The van der Waals surface area contributed by atoms with Crippen LogP contribution < -0.4 is 11.2 Å². The van der Waals surface area contributed by atoms with Gasteiger partial charge >= 0.3 is 6.03 Å². The van der Waals surface area contributed by atoms with Gasteiger partial charge in [-0.1, -0.05) is 56.5 Å². The van der Waals surface area contributed by atoms with E-state index in [0.29, 0.717) is 6.42 Å². The zero-order valence-corrected chi connectivity index (χ0v) is 13.1. The molecule has 4 N–H and O–H groups in total. The van der Waals surface area contributed by atoms with Crippen LogP contribution in [0, 0.1) is 5.41 Å². The van der Waals surface area contributed by atoms with Crippen LogP contribution in [0.15, 0.2) is 30.3 Å². The van der Waals surface area contributed by atoms with Crippen molar-refractivity contribution < 1.29 is 9.90 Å². The number of aliphatic hydroxyl groups is 1. The molecule has 0 aromatic heterocycles. The Morgan fingerprint density at radius 3 is 2.50 bits per heavy atom. The number of rotatable bonds is 2. The van der Waals surface area contributed by atoms with Crippen LogP contribution in [0.2, 0.25) is 0 Å². The van der Waals surface area contributed by atoms with Gasteiger partial charge in [-0.05, 0) is 18.4 Å². The maximum Gasteiger partial charge on any atom is 0.331 e. The smallest absolute Gasteiger partial charge is 0.331 e. The van der Waals surface area contributed by atoms with Crippen molar-refractivity contribution >= 4 is 6.03 Å². The van der Waals surface area contributed by atoms with Crippen LogP contribution in [0.1, 0.15) is 57.1 Å². The van der Waals surface area contributed by atoms with E-state index in [9.17, 15) is 9.90 Å². The fourth-order valence-corrected chi connectivity index (χ4v) is 4.06. The number of nitrogens with zero attached hydrogens (tertiary/aromatic N) is 1. The molecular weight excluding hydrogens is 278 g/mol. The first-order valence-corrected chi connectivity index (χ1v) is 8.09. The summed E-state index contributed by atoms with van der Waals surface area (Å²) in [6, 6.07) is 9.18. The Hall–Kier alpha value is -1.59. The first-order valence-electron chi connectivity index (χ1n) is 8.09. The number of urea groups is 1. The van der Waals surface area contributed by atoms with Crippen LogP contribution in [0.4, 0.5) is 4.79 Å². The second kappa shape index (κ2) is 5.56. The van der Waals surface area contributed by atoms with Gasteiger partial charge in [0.2, 0.25) is 0 Å². The van der Waals surface area contributed by atoms with Crippen LogP contribution in [-0.4, -0.2) is 21.9 Å². The second-order valence-electron chi connectivity index (χ2n) is 6.91. The van der Waals surface area contributed by atoms with Gasteiger partial charge in [0.05, 0.1) is 6.04 Å². The minimum absolute atomic E-state index is 0.0996. The van der Waals surface area contributed by atoms with Gasteiger partial charge < -0.3 is 10.8 Å². The lowest BCUT2D eigenvalue weighted by atomic mass is 9.66. The van der Waals surface area contributed by atoms with Crippen LogP contribution >= 0.6 is 0 Å². The summed E-state index contributed by atoms with van der Waals surface area (Å²) in [5.74, 6) is 0. The lowest BCUT2D eigenvalue weighted by Crippen LogP contribution is -2.62. The molecule has 0 spiro atoms. The van der Waals surface area contributed by atoms with Gasteiger partial charge in [0.15, 0.2) is 5.72 Å². The highest BCUT2D eigenvalue weighted by molar-refractivity contribution is 5.72. The Morgan fingerprint density at radius 1 is 1.27 bits per heavy atom. The lowest BCUT2D eigenvalue weighted by molar-refractivity contribution is -0.170. The first-order chi connectivity index (χ1) is 10.5. The number of hydrazine groups is 1. The van der Waals surface area contributed by atoms with Gasteiger partial charge in [0.1, 0.15) is 0 Å². The van der Waals surface area contributed by atoms with Crippen LogP contribution in [0.25, 0.3) is 0 Å². The molecule has 1 aromatic rings. The molecule has 3 rings (SSSR count). The molecule has 2 amide bonds. The molecule has 1 aliphatic heterocycles. The maximum absolute atomic E-state index is 11.9. The van der Waals surface area contributed by atoms with Crippen molar-refractivity contribution in [2.24, 2.45) is 11.1 Å². The van der Waals surface area contributed by atoms with E-state index in [1.807, 2.05) is 30.3 Å². The monoisotopic (exact) mass is 303 g/mol. The predicted molar refractivity (Wildman–Crippen MR) is 84.5 cm³/mol. The summed E-state index contributed by atoms with van der Waals surface area (Å²) in [7, 11) is 0. The third-order valence-corrected chi connectivity index (χ3v) is 5.49. The number of primary amides is 1. The quantitative estimate of drug-likeness (QED) is 0.786. The summed E-state index contributed by atoms with van der Waals surface area (Å²) in [5.41, 5.74) is 8.17. The average molecular weight is 303 g/mol. The Morgan fingerprint density at radius 2 is 1.91 bits per heavy atom. The van der Waals surface area contributed by atoms with Gasteiger partial charge in [0.25, 0.3) is 0 Å². The first kappa shape index (κ1) is 15.3. The van der Waals surface area contributed by atoms with E-state index in [1.54, 1.807) is 0 Å². The van der Waals surface area contributed by atoms with Gasteiger partial charge in [0, 0.05) is 11.8 Å². The van der Waals surface area contributed by atoms with E-state index < -0.39 is 11.8 Å². The third-order valence-electron chi connectivity index (χ3n) is 5.49. The molecule has 1 aromatic carbocycles. The van der Waals surface area contributed by atoms with E-state index in [4.69, 9.17) is 5.73 Å². The van der Waals surface area contributed by atoms with Crippen LogP contribution in [0.3, 0.4) is 0 Å². The molecule has 22 heavy (non-hydrogen) atoms. The summed E-state index contributed by atoms with van der Waals surface area (Å²) in [6.45, 7) is 2.08. The number of benzene rings is 1. The van der Waals surface area contributed by atoms with Gasteiger partial charge in [-0.15, -0.1) is 0 Å². The SMILES string of the molecule is CC1(C2(O)CC(c3ccccc3)NN2C(N)=O)CCCCC1. The second-order valence-corrected chi connectivity index (χ2v) is 6.91. The van der Waals surface area contributed by atoms with Crippen LogP contribution in [0.5, 0.6) is 0 Å². The number of hydrogen-bond acceptors (Lipinski definition) is 3. The zero-order chi connectivity index (χ0) is 15.8. The minimum Gasteiger partial charge on any atom is -0.369 e. The molecule has 2 atom stereocenters. The summed E-state index contributed by atoms with van der Waals surface area (Å²) < 4.78 is 0. The number of amides is 2. The summed E-state index contributed by atoms with van der Waals surface area (Å²) in [6.07, 6.45) is 5.66. The largest absolute Gasteiger partial charge is 0.369 e. The Labute approximate surface area is 131 Å². The summed E-state index contributed by atoms with van der Waals surface area (Å²) in [5, 5.41) is 12.7. The molecule has 1 saturated heterocycles. The molecule has 0 radical (unpaired) electrons. The Bertz CT molecular complexity index is 542. The highest BCUT2D eigenvalue weighted by Gasteiger charge is 2.57. The van der Waals surface area contributed by atoms with Gasteiger partial charge in [-0.25, -0.2) is 15.2 Å². The number of nitrogens with one attached hydrogen (secondary N) is 1. The molecule has 5 heteroatoms. The van der Waals surface area contributed by atoms with Gasteiger partial charge in [-0.2, -0.15) is 0 Å². The molecule has 5 nitrogen and oxygen atoms in total. The molecule has 2 aliphatic rings. The molecular formula is C17H25N3O2. The predicted octanol–water partition coefficient (Wildman–Crippen LogP) is 2.68. The van der Waals surface area contributed by atoms with Crippen molar-refractivity contribution in [1.29, 1.82) is 0 Å². The van der Waals surface area contributed by atoms with Crippen molar-refractivity contribution in [2.45, 2.75) is 57.2 Å². The Kier molecular flexibility index (Phi) is 3.87. The number of carbonyl (C=O) groups is 1. The third kappa shape index (κ3) is 2.38. The van der Waals surface area contributed by atoms with Crippen LogP contribution in [-0.2, 0) is 0 Å². The van der Waals surface area contributed by atoms with Crippen molar-refractivity contribution in [3.8, 4) is 0 Å².